The fraction of sp³-hybridized carbons (Fsp3) is 0.211. The molecule has 0 spiro atoms. The maximum atomic E-state index is 4.42. The summed E-state index contributed by atoms with van der Waals surface area (Å²) in [5.41, 5.74) is 6.38. The van der Waals surface area contributed by atoms with Crippen molar-refractivity contribution in [2.24, 2.45) is 5.10 Å². The van der Waals surface area contributed by atoms with Gasteiger partial charge in [0.05, 0.1) is 11.6 Å². The van der Waals surface area contributed by atoms with Crippen molar-refractivity contribution >= 4 is 44.5 Å². The van der Waals surface area contributed by atoms with Crippen molar-refractivity contribution in [3.05, 3.63) is 52.8 Å². The zero-order valence-corrected chi connectivity index (χ0v) is 15.2. The molecule has 0 aliphatic heterocycles. The van der Waals surface area contributed by atoms with Crippen molar-refractivity contribution in [3.63, 3.8) is 0 Å². The molecule has 0 fully saturated rings. The van der Waals surface area contributed by atoms with Gasteiger partial charge in [-0.05, 0) is 25.0 Å². The highest BCUT2D eigenvalue weighted by Crippen LogP contribution is 2.32. The Labute approximate surface area is 149 Å². The van der Waals surface area contributed by atoms with Crippen LogP contribution in [0.25, 0.3) is 21.1 Å². The zero-order chi connectivity index (χ0) is 17.4. The second-order valence-corrected chi connectivity index (χ2v) is 7.39. The Balaban J connectivity index is 1.65. The third-order valence-corrected chi connectivity index (χ3v) is 5.57. The molecule has 0 saturated carbocycles. The Morgan fingerprint density at radius 3 is 2.88 bits per heavy atom. The van der Waals surface area contributed by atoms with Crippen LogP contribution in [0.1, 0.15) is 35.9 Å². The van der Waals surface area contributed by atoms with E-state index >= 15 is 0 Å². The molecule has 25 heavy (non-hydrogen) atoms. The van der Waals surface area contributed by atoms with Crippen molar-refractivity contribution < 1.29 is 0 Å². The molecule has 4 rings (SSSR count). The van der Waals surface area contributed by atoms with E-state index in [0.29, 0.717) is 5.92 Å². The van der Waals surface area contributed by atoms with Gasteiger partial charge in [0, 0.05) is 27.0 Å². The number of para-hydroxylation sites is 1. The van der Waals surface area contributed by atoms with Gasteiger partial charge in [0.25, 0.3) is 0 Å². The number of anilines is 1. The average molecular weight is 349 g/mol. The van der Waals surface area contributed by atoms with Crippen LogP contribution in [0.3, 0.4) is 0 Å². The van der Waals surface area contributed by atoms with Gasteiger partial charge >= 0.3 is 0 Å². The van der Waals surface area contributed by atoms with Crippen LogP contribution in [0.15, 0.2) is 41.8 Å². The largest absolute Gasteiger partial charge is 0.358 e. The number of hydrogen-bond acceptors (Lipinski definition) is 5. The van der Waals surface area contributed by atoms with Crippen LogP contribution in [0.5, 0.6) is 0 Å². The Hall–Kier alpha value is -2.73. The lowest BCUT2D eigenvalue weighted by molar-refractivity contribution is 0.890. The highest BCUT2D eigenvalue weighted by Gasteiger charge is 2.10. The normalized spacial score (nSPS) is 12.0. The molecule has 3 aromatic heterocycles. The molecule has 5 nitrogen and oxygen atoms in total. The summed E-state index contributed by atoms with van der Waals surface area (Å²) in [5.74, 6) is 1.21. The second-order valence-electron chi connectivity index (χ2n) is 6.32. The summed E-state index contributed by atoms with van der Waals surface area (Å²) in [7, 11) is 0. The molecule has 3 heterocycles. The molecule has 126 valence electrons. The number of hydrogen-bond donors (Lipinski definition) is 2. The van der Waals surface area contributed by atoms with Crippen LogP contribution in [0.2, 0.25) is 0 Å². The number of aromatic nitrogens is 3. The van der Waals surface area contributed by atoms with E-state index in [1.807, 2.05) is 18.3 Å². The molecule has 0 bridgehead atoms. The molecular weight excluding hydrogens is 330 g/mol. The third-order valence-electron chi connectivity index (χ3n) is 4.23. The van der Waals surface area contributed by atoms with Gasteiger partial charge in [-0.3, -0.25) is 5.43 Å². The number of H-pyrrole nitrogens is 1. The molecule has 0 atom stereocenters. The van der Waals surface area contributed by atoms with Gasteiger partial charge in [0.15, 0.2) is 5.82 Å². The van der Waals surface area contributed by atoms with E-state index in [-0.39, 0.29) is 0 Å². The summed E-state index contributed by atoms with van der Waals surface area (Å²) < 4.78 is 0. The van der Waals surface area contributed by atoms with E-state index in [4.69, 9.17) is 0 Å². The highest BCUT2D eigenvalue weighted by molar-refractivity contribution is 7.18. The molecule has 4 aromatic rings. The van der Waals surface area contributed by atoms with Gasteiger partial charge in [-0.25, -0.2) is 9.97 Å². The Morgan fingerprint density at radius 1 is 1.20 bits per heavy atom. The SMILES string of the molecule is Cc1[nH]c2ccccc2c1/C=N/Nc1ncnc2sc(C(C)C)cc12. The summed E-state index contributed by atoms with van der Waals surface area (Å²) in [5, 5.41) is 6.60. The Bertz CT molecular complexity index is 1070. The lowest BCUT2D eigenvalue weighted by atomic mass is 10.1. The van der Waals surface area contributed by atoms with Gasteiger partial charge in [-0.2, -0.15) is 5.10 Å². The van der Waals surface area contributed by atoms with E-state index < -0.39 is 0 Å². The lowest BCUT2D eigenvalue weighted by Crippen LogP contribution is -1.95. The number of thiophene rings is 1. The number of benzene rings is 1. The highest BCUT2D eigenvalue weighted by atomic mass is 32.1. The van der Waals surface area contributed by atoms with E-state index in [9.17, 15) is 0 Å². The van der Waals surface area contributed by atoms with Crippen LogP contribution in [-0.4, -0.2) is 21.2 Å². The van der Waals surface area contributed by atoms with Crippen molar-refractivity contribution in [3.8, 4) is 0 Å². The minimum Gasteiger partial charge on any atom is -0.358 e. The van der Waals surface area contributed by atoms with Gasteiger partial charge in [-0.1, -0.05) is 32.0 Å². The number of aryl methyl sites for hydroxylation is 1. The lowest BCUT2D eigenvalue weighted by Gasteiger charge is -2.00. The van der Waals surface area contributed by atoms with Crippen LogP contribution in [0.4, 0.5) is 5.82 Å². The zero-order valence-electron chi connectivity index (χ0n) is 14.4. The standard InChI is InChI=1S/C19H19N5S/c1-11(2)17-8-14-18(20-10-21-19(14)25-17)24-22-9-15-12(3)23-16-7-5-4-6-13(15)16/h4-11,23H,1-3H3,(H,20,21,24)/b22-9+. The molecule has 0 radical (unpaired) electrons. The van der Waals surface area contributed by atoms with Gasteiger partial charge in [0.1, 0.15) is 11.2 Å². The van der Waals surface area contributed by atoms with Crippen molar-refractivity contribution in [1.29, 1.82) is 0 Å². The van der Waals surface area contributed by atoms with Crippen LogP contribution in [-0.2, 0) is 0 Å². The first kappa shape index (κ1) is 15.8. The quantitative estimate of drug-likeness (QED) is 0.400. The first-order chi connectivity index (χ1) is 12.1. The summed E-state index contributed by atoms with van der Waals surface area (Å²) in [6, 6.07) is 10.4. The molecule has 0 saturated heterocycles. The number of aromatic amines is 1. The number of rotatable bonds is 4. The van der Waals surface area contributed by atoms with E-state index in [2.05, 4.69) is 64.4 Å². The van der Waals surface area contributed by atoms with E-state index in [1.165, 1.54) is 4.88 Å². The van der Waals surface area contributed by atoms with E-state index in [1.54, 1.807) is 17.7 Å². The van der Waals surface area contributed by atoms with Crippen LogP contribution in [0, 0.1) is 6.92 Å². The molecule has 0 unspecified atom stereocenters. The maximum absolute atomic E-state index is 4.42. The fourth-order valence-corrected chi connectivity index (χ4v) is 3.87. The second kappa shape index (κ2) is 6.29. The van der Waals surface area contributed by atoms with Crippen molar-refractivity contribution in [1.82, 2.24) is 15.0 Å². The fourth-order valence-electron chi connectivity index (χ4n) is 2.87. The summed E-state index contributed by atoms with van der Waals surface area (Å²) in [6.07, 6.45) is 3.43. The molecular formula is C19H19N5S. The molecule has 0 aliphatic carbocycles. The summed E-state index contributed by atoms with van der Waals surface area (Å²) in [4.78, 5) is 14.4. The predicted octanol–water partition coefficient (Wildman–Crippen LogP) is 5.05. The molecule has 0 aliphatic rings. The molecule has 0 amide bonds. The van der Waals surface area contributed by atoms with Crippen molar-refractivity contribution in [2.45, 2.75) is 26.7 Å². The first-order valence-corrected chi connectivity index (χ1v) is 9.06. The number of nitrogens with one attached hydrogen (secondary N) is 2. The van der Waals surface area contributed by atoms with Gasteiger partial charge < -0.3 is 4.98 Å². The average Bonchev–Trinajstić information content (AvgIpc) is 3.17. The Morgan fingerprint density at radius 2 is 2.04 bits per heavy atom. The van der Waals surface area contributed by atoms with Crippen LogP contribution < -0.4 is 5.43 Å². The molecule has 1 aromatic carbocycles. The monoisotopic (exact) mass is 349 g/mol. The predicted molar refractivity (Wildman–Crippen MR) is 106 cm³/mol. The molecule has 6 heteroatoms. The van der Waals surface area contributed by atoms with E-state index in [0.717, 1.165) is 38.2 Å². The minimum absolute atomic E-state index is 0.476. The Kier molecular flexibility index (Phi) is 3.97. The topological polar surface area (TPSA) is 66.0 Å². The van der Waals surface area contributed by atoms with Gasteiger partial charge in [-0.15, -0.1) is 11.3 Å². The minimum atomic E-state index is 0.476. The maximum Gasteiger partial charge on any atom is 0.158 e. The number of hydrazone groups is 1. The van der Waals surface area contributed by atoms with Crippen molar-refractivity contribution in [2.75, 3.05) is 5.43 Å². The number of nitrogens with zero attached hydrogens (tertiary/aromatic N) is 3. The summed E-state index contributed by atoms with van der Waals surface area (Å²) >= 11 is 1.71. The number of fused-ring (bicyclic) bond motifs is 2. The van der Waals surface area contributed by atoms with Gasteiger partial charge in [0.2, 0.25) is 0 Å². The first-order valence-electron chi connectivity index (χ1n) is 8.24. The molecule has 2 N–H and O–H groups in total. The smallest absolute Gasteiger partial charge is 0.158 e. The third kappa shape index (κ3) is 2.89. The van der Waals surface area contributed by atoms with Crippen LogP contribution >= 0.6 is 11.3 Å². The summed E-state index contributed by atoms with van der Waals surface area (Å²) in [6.45, 7) is 6.42.